The van der Waals surface area contributed by atoms with Gasteiger partial charge in [0.2, 0.25) is 0 Å². The smallest absolute Gasteiger partial charge is 0.184 e. The molecule has 0 N–H and O–H groups in total. The molecule has 3 rings (SSSR count). The molecule has 0 atom stereocenters. The van der Waals surface area contributed by atoms with E-state index in [4.69, 9.17) is 0 Å². The first kappa shape index (κ1) is 13.1. The van der Waals surface area contributed by atoms with E-state index in [-0.39, 0.29) is 17.3 Å². The summed E-state index contributed by atoms with van der Waals surface area (Å²) in [5.41, 5.74) is 0.542. The highest BCUT2D eigenvalue weighted by Gasteiger charge is 2.18. The van der Waals surface area contributed by atoms with Gasteiger partial charge in [-0.2, -0.15) is 10.2 Å². The Morgan fingerprint density at radius 2 is 1.86 bits per heavy atom. The van der Waals surface area contributed by atoms with Crippen molar-refractivity contribution in [2.24, 2.45) is 0 Å². The number of carbonyl (C=O) groups excluding carboxylic acids is 2. The molecule has 0 bridgehead atoms. The summed E-state index contributed by atoms with van der Waals surface area (Å²) < 4.78 is 1.38. The third kappa shape index (κ3) is 2.20. The van der Waals surface area contributed by atoms with Gasteiger partial charge in [0.1, 0.15) is 11.4 Å². The van der Waals surface area contributed by atoms with Crippen molar-refractivity contribution in [3.8, 4) is 5.82 Å². The maximum atomic E-state index is 11.8. The van der Waals surface area contributed by atoms with Crippen molar-refractivity contribution in [3.05, 3.63) is 47.9 Å². The highest BCUT2D eigenvalue weighted by molar-refractivity contribution is 5.99. The molecule has 0 saturated heterocycles. The first-order valence-corrected chi connectivity index (χ1v) is 6.40. The second-order valence-corrected chi connectivity index (χ2v) is 4.69. The van der Waals surface area contributed by atoms with E-state index in [0.717, 1.165) is 10.8 Å². The van der Waals surface area contributed by atoms with E-state index in [1.165, 1.54) is 24.6 Å². The molecule has 2 aromatic heterocycles. The molecule has 0 amide bonds. The maximum Gasteiger partial charge on any atom is 0.184 e. The van der Waals surface area contributed by atoms with Gasteiger partial charge in [0.25, 0.3) is 0 Å². The van der Waals surface area contributed by atoms with Crippen LogP contribution in [0.15, 0.2) is 36.5 Å². The van der Waals surface area contributed by atoms with Gasteiger partial charge in [0, 0.05) is 24.6 Å². The van der Waals surface area contributed by atoms with E-state index in [9.17, 15) is 9.59 Å². The SMILES string of the molecule is CC(=O)c1cc(C(C)=O)n(-c2nncc3ccccc23)n1. The molecule has 0 fully saturated rings. The van der Waals surface area contributed by atoms with Gasteiger partial charge >= 0.3 is 0 Å². The molecule has 6 nitrogen and oxygen atoms in total. The topological polar surface area (TPSA) is 77.7 Å². The summed E-state index contributed by atoms with van der Waals surface area (Å²) in [6.45, 7) is 2.83. The lowest BCUT2D eigenvalue weighted by Gasteiger charge is -2.06. The zero-order valence-electron chi connectivity index (χ0n) is 11.6. The lowest BCUT2D eigenvalue weighted by atomic mass is 10.2. The number of carbonyl (C=O) groups is 2. The molecule has 0 aliphatic rings. The molecule has 1 aromatic carbocycles. The Labute approximate surface area is 120 Å². The predicted octanol–water partition coefficient (Wildman–Crippen LogP) is 2.22. The zero-order valence-corrected chi connectivity index (χ0v) is 11.6. The van der Waals surface area contributed by atoms with Gasteiger partial charge in [-0.1, -0.05) is 24.3 Å². The van der Waals surface area contributed by atoms with Crippen LogP contribution < -0.4 is 0 Å². The quantitative estimate of drug-likeness (QED) is 0.687. The van der Waals surface area contributed by atoms with Crippen LogP contribution in [0.1, 0.15) is 34.8 Å². The predicted molar refractivity (Wildman–Crippen MR) is 76.7 cm³/mol. The van der Waals surface area contributed by atoms with Crippen LogP contribution >= 0.6 is 0 Å². The van der Waals surface area contributed by atoms with Crippen molar-refractivity contribution < 1.29 is 9.59 Å². The fourth-order valence-corrected chi connectivity index (χ4v) is 2.13. The first-order valence-electron chi connectivity index (χ1n) is 6.40. The van der Waals surface area contributed by atoms with Crippen LogP contribution in [0, 0.1) is 0 Å². The van der Waals surface area contributed by atoms with Gasteiger partial charge in [-0.3, -0.25) is 9.59 Å². The Hall–Kier alpha value is -2.89. The molecular weight excluding hydrogens is 268 g/mol. The Balaban J connectivity index is 2.32. The number of rotatable bonds is 3. The van der Waals surface area contributed by atoms with E-state index >= 15 is 0 Å². The van der Waals surface area contributed by atoms with Crippen molar-refractivity contribution in [2.75, 3.05) is 0 Å². The minimum atomic E-state index is -0.204. The Morgan fingerprint density at radius 3 is 2.57 bits per heavy atom. The number of hydrogen-bond donors (Lipinski definition) is 0. The van der Waals surface area contributed by atoms with Gasteiger partial charge < -0.3 is 0 Å². The van der Waals surface area contributed by atoms with Crippen molar-refractivity contribution in [1.82, 2.24) is 20.0 Å². The van der Waals surface area contributed by atoms with E-state index in [1.54, 1.807) is 6.20 Å². The van der Waals surface area contributed by atoms with Crippen LogP contribution in [-0.2, 0) is 0 Å². The molecule has 2 heterocycles. The summed E-state index contributed by atoms with van der Waals surface area (Å²) >= 11 is 0. The molecule has 21 heavy (non-hydrogen) atoms. The highest BCUT2D eigenvalue weighted by Crippen LogP contribution is 2.20. The molecule has 0 spiro atoms. The summed E-state index contributed by atoms with van der Waals surface area (Å²) in [6, 6.07) is 9.02. The third-order valence-corrected chi connectivity index (χ3v) is 3.18. The van der Waals surface area contributed by atoms with Crippen LogP contribution in [0.3, 0.4) is 0 Å². The number of Topliss-reactive ketones (excluding diaryl/α,β-unsaturated/α-hetero) is 2. The van der Waals surface area contributed by atoms with Crippen LogP contribution in [0.2, 0.25) is 0 Å². The molecule has 0 unspecified atom stereocenters. The number of ketones is 2. The van der Waals surface area contributed by atoms with E-state index in [0.29, 0.717) is 11.5 Å². The summed E-state index contributed by atoms with van der Waals surface area (Å²) in [5.74, 6) is 0.0416. The van der Waals surface area contributed by atoms with Crippen molar-refractivity contribution in [3.63, 3.8) is 0 Å². The van der Waals surface area contributed by atoms with Crippen LogP contribution in [-0.4, -0.2) is 31.5 Å². The Kier molecular flexibility index (Phi) is 3.06. The van der Waals surface area contributed by atoms with Gasteiger partial charge in [-0.15, -0.1) is 5.10 Å². The molecule has 104 valence electrons. The van der Waals surface area contributed by atoms with Crippen molar-refractivity contribution in [1.29, 1.82) is 0 Å². The summed E-state index contributed by atoms with van der Waals surface area (Å²) in [5, 5.41) is 13.9. The minimum Gasteiger partial charge on any atom is -0.293 e. The fourth-order valence-electron chi connectivity index (χ4n) is 2.13. The van der Waals surface area contributed by atoms with Gasteiger partial charge in [-0.25, -0.2) is 4.68 Å². The number of benzene rings is 1. The molecule has 3 aromatic rings. The summed E-state index contributed by atoms with van der Waals surface area (Å²) in [4.78, 5) is 23.3. The molecular formula is C15H12N4O2. The van der Waals surface area contributed by atoms with E-state index in [1.807, 2.05) is 24.3 Å². The maximum absolute atomic E-state index is 11.8. The lowest BCUT2D eigenvalue weighted by Crippen LogP contribution is -2.09. The third-order valence-electron chi connectivity index (χ3n) is 3.18. The number of nitrogens with zero attached hydrogens (tertiary/aromatic N) is 4. The van der Waals surface area contributed by atoms with E-state index in [2.05, 4.69) is 15.3 Å². The molecule has 0 radical (unpaired) electrons. The Morgan fingerprint density at radius 1 is 1.10 bits per heavy atom. The lowest BCUT2D eigenvalue weighted by molar-refractivity contribution is 0.0999. The molecule has 0 aliphatic heterocycles. The average molecular weight is 280 g/mol. The van der Waals surface area contributed by atoms with Gasteiger partial charge in [0.05, 0.1) is 6.20 Å². The van der Waals surface area contributed by atoms with Crippen molar-refractivity contribution in [2.45, 2.75) is 13.8 Å². The molecule has 0 saturated carbocycles. The first-order chi connectivity index (χ1) is 10.1. The number of fused-ring (bicyclic) bond motifs is 1. The Bertz CT molecular complexity index is 862. The molecule has 6 heteroatoms. The number of aromatic nitrogens is 4. The average Bonchev–Trinajstić information content (AvgIpc) is 2.92. The highest BCUT2D eigenvalue weighted by atomic mass is 16.1. The minimum absolute atomic E-state index is 0.190. The largest absolute Gasteiger partial charge is 0.293 e. The van der Waals surface area contributed by atoms with Crippen LogP contribution in [0.25, 0.3) is 16.6 Å². The van der Waals surface area contributed by atoms with Gasteiger partial charge in [0.15, 0.2) is 17.4 Å². The normalized spacial score (nSPS) is 10.8. The zero-order chi connectivity index (χ0) is 15.0. The summed E-state index contributed by atoms with van der Waals surface area (Å²) in [7, 11) is 0. The second kappa shape index (κ2) is 4.90. The van der Waals surface area contributed by atoms with E-state index < -0.39 is 0 Å². The van der Waals surface area contributed by atoms with Crippen LogP contribution in [0.5, 0.6) is 0 Å². The standard InChI is InChI=1S/C15H12N4O2/c1-9(20)13-7-14(10(2)21)19(18-13)15-12-6-4-3-5-11(12)8-16-17-15/h3-8H,1-2H3. The monoisotopic (exact) mass is 280 g/mol. The van der Waals surface area contributed by atoms with Gasteiger partial charge in [-0.05, 0) is 6.07 Å². The van der Waals surface area contributed by atoms with Crippen molar-refractivity contribution >= 4 is 22.3 Å². The van der Waals surface area contributed by atoms with Crippen LogP contribution in [0.4, 0.5) is 0 Å². The second-order valence-electron chi connectivity index (χ2n) is 4.69. The number of hydrogen-bond acceptors (Lipinski definition) is 5. The molecule has 0 aliphatic carbocycles. The fraction of sp³-hybridized carbons (Fsp3) is 0.133. The summed E-state index contributed by atoms with van der Waals surface area (Å²) in [6.07, 6.45) is 1.64.